The minimum Gasteiger partial charge on any atom is -0.495 e. The molecule has 0 spiro atoms. The molecule has 0 aliphatic carbocycles. The first-order chi connectivity index (χ1) is 15.4. The van der Waals surface area contributed by atoms with Gasteiger partial charge >= 0.3 is 0 Å². The van der Waals surface area contributed by atoms with Crippen LogP contribution >= 0.6 is 0 Å². The maximum Gasteiger partial charge on any atom is 0.251 e. The molecule has 0 radical (unpaired) electrons. The second-order valence-corrected chi connectivity index (χ2v) is 7.52. The molecule has 1 aromatic heterocycles. The van der Waals surface area contributed by atoms with E-state index in [2.05, 4.69) is 15.7 Å². The Morgan fingerprint density at radius 3 is 2.66 bits per heavy atom. The first-order valence-electron chi connectivity index (χ1n) is 10.0. The van der Waals surface area contributed by atoms with Gasteiger partial charge in [-0.15, -0.1) is 0 Å². The minimum absolute atomic E-state index is 0.118. The van der Waals surface area contributed by atoms with Gasteiger partial charge in [0.05, 0.1) is 31.5 Å². The summed E-state index contributed by atoms with van der Waals surface area (Å²) in [6.45, 7) is 2.10. The van der Waals surface area contributed by atoms with Crippen molar-refractivity contribution in [1.82, 2.24) is 9.78 Å². The largest absolute Gasteiger partial charge is 0.495 e. The lowest BCUT2D eigenvalue weighted by Gasteiger charge is -2.13. The number of carbonyl (C=O) groups is 2. The number of fused-ring (bicyclic) bond motifs is 1. The zero-order chi connectivity index (χ0) is 22.8. The Balaban J connectivity index is 1.62. The summed E-state index contributed by atoms with van der Waals surface area (Å²) in [7, 11) is 3.06. The molecule has 2 aromatic carbocycles. The van der Waals surface area contributed by atoms with Gasteiger partial charge in [0.25, 0.3) is 5.91 Å². The molecule has 2 heterocycles. The third-order valence-electron chi connectivity index (χ3n) is 5.24. The molecule has 1 aliphatic rings. The summed E-state index contributed by atoms with van der Waals surface area (Å²) < 4.78 is 25.5. The molecular weight excluding hydrogens is 415 g/mol. The van der Waals surface area contributed by atoms with Crippen molar-refractivity contribution in [3.63, 3.8) is 0 Å². The number of amides is 2. The number of nitrogens with zero attached hydrogens (tertiary/aromatic N) is 2. The second kappa shape index (κ2) is 8.80. The molecule has 2 N–H and O–H groups in total. The van der Waals surface area contributed by atoms with Crippen LogP contribution in [0.25, 0.3) is 11.1 Å². The van der Waals surface area contributed by atoms with Crippen LogP contribution in [-0.2, 0) is 20.9 Å². The minimum atomic E-state index is -0.828. The highest BCUT2D eigenvalue weighted by molar-refractivity contribution is 6.04. The zero-order valence-electron chi connectivity index (χ0n) is 17.9. The Kier molecular flexibility index (Phi) is 5.91. The maximum absolute atomic E-state index is 13.4. The average molecular weight is 438 g/mol. The van der Waals surface area contributed by atoms with E-state index >= 15 is 0 Å². The van der Waals surface area contributed by atoms with E-state index in [1.54, 1.807) is 24.3 Å². The standard InChI is InChI=1S/C23H23FN4O4/c1-13-4-9-19(32-3)16(10-13)25-20(29)11-18-23(30)26-22-21(14-5-7-15(24)8-6-14)17(12-31-2)27-28(18)22/h4-10,18H,11-12H2,1-3H3,(H,25,29)(H,26,30). The summed E-state index contributed by atoms with van der Waals surface area (Å²) in [6, 6.07) is 10.5. The van der Waals surface area contributed by atoms with Crippen molar-refractivity contribution in [3.8, 4) is 16.9 Å². The summed E-state index contributed by atoms with van der Waals surface area (Å²) in [5.41, 5.74) is 3.41. The molecule has 1 atom stereocenters. The highest BCUT2D eigenvalue weighted by Crippen LogP contribution is 2.39. The van der Waals surface area contributed by atoms with E-state index in [1.807, 2.05) is 13.0 Å². The van der Waals surface area contributed by atoms with Crippen molar-refractivity contribution in [3.05, 3.63) is 59.5 Å². The predicted molar refractivity (Wildman–Crippen MR) is 117 cm³/mol. The number of carbonyl (C=O) groups excluding carboxylic acids is 2. The number of aryl methyl sites for hydroxylation is 1. The number of nitrogens with one attached hydrogen (secondary N) is 2. The van der Waals surface area contributed by atoms with Gasteiger partial charge in [-0.25, -0.2) is 9.07 Å². The van der Waals surface area contributed by atoms with Gasteiger partial charge in [0, 0.05) is 12.7 Å². The smallest absolute Gasteiger partial charge is 0.251 e. The summed E-state index contributed by atoms with van der Waals surface area (Å²) in [6.07, 6.45) is -0.118. The first kappa shape index (κ1) is 21.5. The van der Waals surface area contributed by atoms with Crippen molar-refractivity contribution < 1.29 is 23.5 Å². The fourth-order valence-electron chi connectivity index (χ4n) is 3.77. The number of ether oxygens (including phenoxy) is 2. The van der Waals surface area contributed by atoms with Crippen molar-refractivity contribution in [2.45, 2.75) is 26.0 Å². The topological polar surface area (TPSA) is 94.5 Å². The fraction of sp³-hybridized carbons (Fsp3) is 0.261. The molecule has 166 valence electrons. The highest BCUT2D eigenvalue weighted by atomic mass is 19.1. The molecule has 1 unspecified atom stereocenters. The molecule has 1 aliphatic heterocycles. The van der Waals surface area contributed by atoms with Crippen molar-refractivity contribution in [2.24, 2.45) is 0 Å². The van der Waals surface area contributed by atoms with Crippen LogP contribution in [0.2, 0.25) is 0 Å². The summed E-state index contributed by atoms with van der Waals surface area (Å²) in [4.78, 5) is 25.5. The van der Waals surface area contributed by atoms with Crippen LogP contribution in [-0.4, -0.2) is 35.8 Å². The van der Waals surface area contributed by atoms with Gasteiger partial charge in [0.15, 0.2) is 0 Å². The van der Waals surface area contributed by atoms with Gasteiger partial charge < -0.3 is 20.1 Å². The Bertz CT molecular complexity index is 1170. The van der Waals surface area contributed by atoms with Crippen LogP contribution in [0.5, 0.6) is 5.75 Å². The molecule has 2 amide bonds. The average Bonchev–Trinajstić information content (AvgIpc) is 3.24. The highest BCUT2D eigenvalue weighted by Gasteiger charge is 2.37. The SMILES string of the molecule is COCc1nn2c(c1-c1ccc(F)cc1)NC(=O)C2CC(=O)Nc1cc(C)ccc1OC. The lowest BCUT2D eigenvalue weighted by molar-refractivity contribution is -0.123. The van der Waals surface area contributed by atoms with Crippen LogP contribution in [0.3, 0.4) is 0 Å². The van der Waals surface area contributed by atoms with Gasteiger partial charge in [-0.2, -0.15) is 5.10 Å². The second-order valence-electron chi connectivity index (χ2n) is 7.52. The van der Waals surface area contributed by atoms with Gasteiger partial charge in [0.2, 0.25) is 5.91 Å². The maximum atomic E-state index is 13.4. The van der Waals surface area contributed by atoms with Crippen molar-refractivity contribution in [2.75, 3.05) is 24.9 Å². The number of hydrogen-bond donors (Lipinski definition) is 2. The Morgan fingerprint density at radius 1 is 1.22 bits per heavy atom. The van der Waals surface area contributed by atoms with E-state index in [4.69, 9.17) is 9.47 Å². The van der Waals surface area contributed by atoms with Crippen LogP contribution in [0.1, 0.15) is 23.7 Å². The van der Waals surface area contributed by atoms with Gasteiger partial charge in [-0.3, -0.25) is 9.59 Å². The lowest BCUT2D eigenvalue weighted by atomic mass is 10.1. The molecule has 0 fully saturated rings. The summed E-state index contributed by atoms with van der Waals surface area (Å²) >= 11 is 0. The van der Waals surface area contributed by atoms with E-state index in [0.29, 0.717) is 34.1 Å². The number of halogens is 1. The van der Waals surface area contributed by atoms with Gasteiger partial charge in [-0.05, 0) is 42.3 Å². The Morgan fingerprint density at radius 2 is 1.97 bits per heavy atom. The molecule has 9 heteroatoms. The molecule has 0 bridgehead atoms. The van der Waals surface area contributed by atoms with Crippen molar-refractivity contribution >= 4 is 23.3 Å². The molecule has 0 saturated heterocycles. The van der Waals surface area contributed by atoms with Crippen molar-refractivity contribution in [1.29, 1.82) is 0 Å². The van der Waals surface area contributed by atoms with Crippen LogP contribution in [0.4, 0.5) is 15.9 Å². The van der Waals surface area contributed by atoms with E-state index in [-0.39, 0.29) is 30.7 Å². The van der Waals surface area contributed by atoms with Crippen LogP contribution in [0.15, 0.2) is 42.5 Å². The number of rotatable bonds is 7. The van der Waals surface area contributed by atoms with Crippen LogP contribution < -0.4 is 15.4 Å². The van der Waals surface area contributed by atoms with Gasteiger partial charge in [-0.1, -0.05) is 18.2 Å². The van der Waals surface area contributed by atoms with Crippen LogP contribution in [0, 0.1) is 12.7 Å². The third kappa shape index (κ3) is 4.06. The van der Waals surface area contributed by atoms with Gasteiger partial charge in [0.1, 0.15) is 23.4 Å². The number of anilines is 2. The molecule has 32 heavy (non-hydrogen) atoms. The molecule has 4 rings (SSSR count). The van der Waals surface area contributed by atoms with E-state index in [9.17, 15) is 14.0 Å². The van der Waals surface area contributed by atoms with E-state index in [0.717, 1.165) is 5.56 Å². The fourth-order valence-corrected chi connectivity index (χ4v) is 3.77. The number of aromatic nitrogens is 2. The van der Waals surface area contributed by atoms with E-state index in [1.165, 1.54) is 31.0 Å². The molecule has 8 nitrogen and oxygen atoms in total. The normalized spacial score (nSPS) is 14.8. The predicted octanol–water partition coefficient (Wildman–Crippen LogP) is 3.67. The number of benzene rings is 2. The monoisotopic (exact) mass is 438 g/mol. The number of hydrogen-bond acceptors (Lipinski definition) is 5. The third-order valence-corrected chi connectivity index (χ3v) is 5.24. The quantitative estimate of drug-likeness (QED) is 0.587. The number of methoxy groups -OCH3 is 2. The Labute approximate surface area is 184 Å². The Hall–Kier alpha value is -3.72. The summed E-state index contributed by atoms with van der Waals surface area (Å²) in [5.74, 6) is -0.0728. The first-order valence-corrected chi connectivity index (χ1v) is 10.0. The lowest BCUT2D eigenvalue weighted by Crippen LogP contribution is -2.24. The van der Waals surface area contributed by atoms with E-state index < -0.39 is 6.04 Å². The zero-order valence-corrected chi connectivity index (χ0v) is 17.9. The molecule has 0 saturated carbocycles. The molecular formula is C23H23FN4O4. The summed E-state index contributed by atoms with van der Waals surface area (Å²) in [5, 5.41) is 10.2. The molecule has 3 aromatic rings.